The van der Waals surface area contributed by atoms with Crippen molar-refractivity contribution in [2.45, 2.75) is 32.3 Å². The summed E-state index contributed by atoms with van der Waals surface area (Å²) in [4.78, 5) is 13.7. The second-order valence-electron chi connectivity index (χ2n) is 8.18. The SMILES string of the molecule is CCOc1ccc2ccccc2c1C(=O)Nc1c2c(nn1-c1cccc(C)c1C)C[S@@](=O)C2. The third-order valence-electron chi connectivity index (χ3n) is 6.12. The number of ether oxygens (including phenoxy) is 1. The molecule has 0 fully saturated rings. The Morgan fingerprint density at radius 1 is 1.09 bits per heavy atom. The van der Waals surface area contributed by atoms with E-state index in [1.165, 1.54) is 0 Å². The van der Waals surface area contributed by atoms with Crippen molar-refractivity contribution in [3.8, 4) is 11.4 Å². The summed E-state index contributed by atoms with van der Waals surface area (Å²) < 4.78 is 19.9. The highest BCUT2D eigenvalue weighted by Gasteiger charge is 2.30. The topological polar surface area (TPSA) is 73.2 Å². The van der Waals surface area contributed by atoms with Gasteiger partial charge in [-0.3, -0.25) is 9.00 Å². The first-order valence-corrected chi connectivity index (χ1v) is 12.4. The number of amides is 1. The van der Waals surface area contributed by atoms with Crippen LogP contribution in [0.1, 0.15) is 39.7 Å². The van der Waals surface area contributed by atoms with Crippen molar-refractivity contribution in [1.82, 2.24) is 9.78 Å². The quantitative estimate of drug-likeness (QED) is 0.453. The van der Waals surface area contributed by atoms with Gasteiger partial charge in [0, 0.05) is 16.4 Å². The second-order valence-corrected chi connectivity index (χ2v) is 9.64. The fraction of sp³-hybridized carbons (Fsp3) is 0.231. The maximum absolute atomic E-state index is 13.7. The minimum Gasteiger partial charge on any atom is -0.493 e. The monoisotopic (exact) mass is 459 g/mol. The molecule has 0 saturated carbocycles. The Morgan fingerprint density at radius 2 is 1.91 bits per heavy atom. The molecule has 4 aromatic rings. The fourth-order valence-corrected chi connectivity index (χ4v) is 5.59. The third kappa shape index (κ3) is 3.72. The lowest BCUT2D eigenvalue weighted by Gasteiger charge is -2.16. The summed E-state index contributed by atoms with van der Waals surface area (Å²) in [6.07, 6.45) is 0. The number of aryl methyl sites for hydroxylation is 1. The molecule has 0 radical (unpaired) electrons. The van der Waals surface area contributed by atoms with Gasteiger partial charge in [-0.25, -0.2) is 4.68 Å². The van der Waals surface area contributed by atoms with Crippen LogP contribution >= 0.6 is 0 Å². The Bertz CT molecular complexity index is 1420. The van der Waals surface area contributed by atoms with Crippen molar-refractivity contribution in [3.63, 3.8) is 0 Å². The van der Waals surface area contributed by atoms with Crippen molar-refractivity contribution < 1.29 is 13.7 Å². The molecule has 3 aromatic carbocycles. The van der Waals surface area contributed by atoms with Crippen LogP contribution in [0.4, 0.5) is 5.82 Å². The molecular weight excluding hydrogens is 434 g/mol. The molecule has 0 aliphatic carbocycles. The Hall–Kier alpha value is -3.45. The van der Waals surface area contributed by atoms with Gasteiger partial charge in [-0.2, -0.15) is 5.10 Å². The Morgan fingerprint density at radius 3 is 2.73 bits per heavy atom. The van der Waals surface area contributed by atoms with Crippen molar-refractivity contribution in [2.24, 2.45) is 0 Å². The lowest BCUT2D eigenvalue weighted by molar-refractivity contribution is 0.102. The number of nitrogens with zero attached hydrogens (tertiary/aromatic N) is 2. The average molecular weight is 460 g/mol. The van der Waals surface area contributed by atoms with E-state index in [2.05, 4.69) is 5.32 Å². The molecule has 5 rings (SSSR count). The molecule has 2 heterocycles. The lowest BCUT2D eigenvalue weighted by atomic mass is 10.0. The highest BCUT2D eigenvalue weighted by Crippen LogP contribution is 2.34. The standard InChI is InChI=1S/C26H25N3O3S/c1-4-32-23-13-12-18-9-5-6-10-19(18)24(23)26(30)27-25-20-14-33(31)15-21(20)28-29(25)22-11-7-8-16(2)17(22)3/h5-13H,4,14-15H2,1-3H3,(H,27,30)/t33-/m0/s1. The van der Waals surface area contributed by atoms with Crippen LogP contribution in [0.15, 0.2) is 54.6 Å². The lowest BCUT2D eigenvalue weighted by Crippen LogP contribution is -2.18. The van der Waals surface area contributed by atoms with E-state index in [4.69, 9.17) is 9.84 Å². The number of aromatic nitrogens is 2. The Kier molecular flexibility index (Phi) is 5.50. The first-order chi connectivity index (χ1) is 16.0. The maximum atomic E-state index is 13.7. The number of carbonyl (C=O) groups is 1. The van der Waals surface area contributed by atoms with Crippen molar-refractivity contribution in [1.29, 1.82) is 0 Å². The molecule has 1 aliphatic rings. The van der Waals surface area contributed by atoms with Crippen LogP contribution in [0, 0.1) is 13.8 Å². The molecule has 0 bridgehead atoms. The van der Waals surface area contributed by atoms with Gasteiger partial charge in [0.15, 0.2) is 0 Å². The molecule has 1 atom stereocenters. The summed E-state index contributed by atoms with van der Waals surface area (Å²) >= 11 is 0. The normalized spacial score (nSPS) is 14.9. The molecule has 1 amide bonds. The minimum absolute atomic E-state index is 0.276. The number of hydrogen-bond acceptors (Lipinski definition) is 4. The van der Waals surface area contributed by atoms with E-state index in [1.54, 1.807) is 4.68 Å². The summed E-state index contributed by atoms with van der Waals surface area (Å²) in [6.45, 7) is 6.44. The van der Waals surface area contributed by atoms with Gasteiger partial charge in [-0.1, -0.05) is 42.5 Å². The number of fused-ring (bicyclic) bond motifs is 2. The average Bonchev–Trinajstić information content (AvgIpc) is 3.32. The van der Waals surface area contributed by atoms with E-state index in [-0.39, 0.29) is 5.91 Å². The van der Waals surface area contributed by atoms with Crippen LogP contribution in [0.5, 0.6) is 5.75 Å². The second kappa shape index (κ2) is 8.48. The van der Waals surface area contributed by atoms with Gasteiger partial charge in [0.2, 0.25) is 0 Å². The zero-order chi connectivity index (χ0) is 23.1. The summed E-state index contributed by atoms with van der Waals surface area (Å²) in [5.74, 6) is 1.61. The molecule has 0 spiro atoms. The first-order valence-electron chi connectivity index (χ1n) is 11.0. The number of rotatable bonds is 5. The summed E-state index contributed by atoms with van der Waals surface area (Å²) in [5.41, 5.74) is 5.20. The van der Waals surface area contributed by atoms with Gasteiger partial charge < -0.3 is 10.1 Å². The van der Waals surface area contributed by atoms with E-state index in [0.717, 1.165) is 38.8 Å². The van der Waals surface area contributed by atoms with Crippen LogP contribution in [0.25, 0.3) is 16.5 Å². The van der Waals surface area contributed by atoms with Crippen LogP contribution in [0.3, 0.4) is 0 Å². The van der Waals surface area contributed by atoms with Crippen molar-refractivity contribution in [2.75, 3.05) is 11.9 Å². The van der Waals surface area contributed by atoms with Crippen molar-refractivity contribution in [3.05, 3.63) is 82.5 Å². The first kappa shape index (κ1) is 21.4. The highest BCUT2D eigenvalue weighted by atomic mass is 32.2. The van der Waals surface area contributed by atoms with Gasteiger partial charge in [-0.15, -0.1) is 0 Å². The number of anilines is 1. The molecule has 0 unspecified atom stereocenters. The van der Waals surface area contributed by atoms with E-state index in [9.17, 15) is 9.00 Å². The summed E-state index contributed by atoms with van der Waals surface area (Å²) in [7, 11) is -1.01. The highest BCUT2D eigenvalue weighted by molar-refractivity contribution is 7.83. The molecule has 1 aliphatic heterocycles. The summed E-state index contributed by atoms with van der Waals surface area (Å²) in [5, 5.41) is 9.65. The van der Waals surface area contributed by atoms with Gasteiger partial charge in [0.25, 0.3) is 5.91 Å². The molecule has 1 N–H and O–H groups in total. The van der Waals surface area contributed by atoms with E-state index < -0.39 is 10.8 Å². The van der Waals surface area contributed by atoms with Crippen molar-refractivity contribution >= 4 is 33.3 Å². The Balaban J connectivity index is 1.65. The zero-order valence-corrected chi connectivity index (χ0v) is 19.7. The largest absolute Gasteiger partial charge is 0.493 e. The zero-order valence-electron chi connectivity index (χ0n) is 18.8. The maximum Gasteiger partial charge on any atom is 0.261 e. The molecule has 168 valence electrons. The predicted octanol–water partition coefficient (Wildman–Crippen LogP) is 5.06. The van der Waals surface area contributed by atoms with E-state index >= 15 is 0 Å². The summed E-state index contributed by atoms with van der Waals surface area (Å²) in [6, 6.07) is 17.6. The molecule has 6 nitrogen and oxygen atoms in total. The molecule has 0 saturated heterocycles. The third-order valence-corrected chi connectivity index (χ3v) is 7.33. The Labute approximate surface area is 195 Å². The van der Waals surface area contributed by atoms with E-state index in [1.807, 2.05) is 75.4 Å². The van der Waals surface area contributed by atoms with Crippen LogP contribution < -0.4 is 10.1 Å². The number of nitrogens with one attached hydrogen (secondary N) is 1. The van der Waals surface area contributed by atoms with Crippen LogP contribution in [-0.4, -0.2) is 26.5 Å². The number of hydrogen-bond donors (Lipinski definition) is 1. The number of carbonyl (C=O) groups excluding carboxylic acids is 1. The number of benzene rings is 3. The predicted molar refractivity (Wildman–Crippen MR) is 132 cm³/mol. The van der Waals surface area contributed by atoms with Gasteiger partial charge in [0.05, 0.1) is 35.1 Å². The fourth-order valence-electron chi connectivity index (χ4n) is 4.33. The minimum atomic E-state index is -1.01. The molecular formula is C26H25N3O3S. The molecule has 7 heteroatoms. The van der Waals surface area contributed by atoms with E-state index in [0.29, 0.717) is 35.2 Å². The molecule has 33 heavy (non-hydrogen) atoms. The van der Waals surface area contributed by atoms with Gasteiger partial charge >= 0.3 is 0 Å². The van der Waals surface area contributed by atoms with Crippen LogP contribution in [-0.2, 0) is 22.3 Å². The van der Waals surface area contributed by atoms with Gasteiger partial charge in [-0.05, 0) is 54.8 Å². The van der Waals surface area contributed by atoms with Crippen LogP contribution in [0.2, 0.25) is 0 Å². The smallest absolute Gasteiger partial charge is 0.261 e. The molecule has 1 aromatic heterocycles. The van der Waals surface area contributed by atoms with Gasteiger partial charge in [0.1, 0.15) is 11.6 Å².